The molecule has 0 saturated heterocycles. The van der Waals surface area contributed by atoms with Crippen molar-refractivity contribution in [2.24, 2.45) is 5.73 Å². The van der Waals surface area contributed by atoms with Crippen LogP contribution in [-0.4, -0.2) is 7.11 Å². The quantitative estimate of drug-likeness (QED) is 0.932. The average molecular weight is 281 g/mol. The van der Waals surface area contributed by atoms with Crippen molar-refractivity contribution in [3.63, 3.8) is 0 Å². The summed E-state index contributed by atoms with van der Waals surface area (Å²) >= 11 is 0. The van der Waals surface area contributed by atoms with E-state index in [1.807, 2.05) is 0 Å². The molecule has 2 N–H and O–H groups in total. The standard InChI is InChI=1S/C15H14F3NO/c1-20-14-7-2-4-9(15(14)18)13(19)8-10-11(16)5-3-6-12(10)17/h2-7,13H,8,19H2,1H3. The second-order valence-corrected chi connectivity index (χ2v) is 4.37. The molecule has 2 rings (SSSR count). The van der Waals surface area contributed by atoms with Crippen LogP contribution in [0, 0.1) is 17.5 Å². The van der Waals surface area contributed by atoms with Gasteiger partial charge in [-0.15, -0.1) is 0 Å². The molecular weight excluding hydrogens is 267 g/mol. The van der Waals surface area contributed by atoms with Gasteiger partial charge in [0.2, 0.25) is 0 Å². The Hall–Kier alpha value is -2.01. The number of ether oxygens (including phenoxy) is 1. The molecule has 2 nitrogen and oxygen atoms in total. The number of hydrogen-bond donors (Lipinski definition) is 1. The molecule has 0 heterocycles. The Balaban J connectivity index is 2.31. The van der Waals surface area contributed by atoms with Gasteiger partial charge >= 0.3 is 0 Å². The second-order valence-electron chi connectivity index (χ2n) is 4.37. The zero-order valence-corrected chi connectivity index (χ0v) is 10.9. The zero-order valence-electron chi connectivity index (χ0n) is 10.9. The third-order valence-electron chi connectivity index (χ3n) is 3.10. The third kappa shape index (κ3) is 2.77. The number of halogens is 3. The molecule has 0 amide bonds. The molecule has 0 aliphatic rings. The van der Waals surface area contributed by atoms with Gasteiger partial charge in [0, 0.05) is 17.2 Å². The zero-order chi connectivity index (χ0) is 14.7. The maximum atomic E-state index is 14.0. The Bertz CT molecular complexity index is 596. The van der Waals surface area contributed by atoms with Crippen LogP contribution < -0.4 is 10.5 Å². The van der Waals surface area contributed by atoms with Gasteiger partial charge in [0.1, 0.15) is 11.6 Å². The monoisotopic (exact) mass is 281 g/mol. The molecule has 0 aliphatic carbocycles. The normalized spacial score (nSPS) is 12.2. The summed E-state index contributed by atoms with van der Waals surface area (Å²) in [6.07, 6.45) is -0.136. The Morgan fingerprint density at radius 3 is 2.25 bits per heavy atom. The maximum absolute atomic E-state index is 14.0. The van der Waals surface area contributed by atoms with Crippen LogP contribution in [0.15, 0.2) is 36.4 Å². The van der Waals surface area contributed by atoms with Gasteiger partial charge in [0.15, 0.2) is 11.6 Å². The van der Waals surface area contributed by atoms with E-state index in [1.165, 1.54) is 25.3 Å². The Kier molecular flexibility index (Phi) is 4.29. The van der Waals surface area contributed by atoms with Gasteiger partial charge in [-0.05, 0) is 24.6 Å². The van der Waals surface area contributed by atoms with Gasteiger partial charge in [-0.2, -0.15) is 0 Å². The highest BCUT2D eigenvalue weighted by molar-refractivity contribution is 5.34. The Morgan fingerprint density at radius 1 is 1.05 bits per heavy atom. The van der Waals surface area contributed by atoms with Crippen LogP contribution in [0.3, 0.4) is 0 Å². The summed E-state index contributed by atoms with van der Waals surface area (Å²) in [4.78, 5) is 0. The number of nitrogens with two attached hydrogens (primary N) is 1. The molecule has 1 unspecified atom stereocenters. The van der Waals surface area contributed by atoms with Crippen molar-refractivity contribution in [3.05, 3.63) is 65.0 Å². The number of hydrogen-bond acceptors (Lipinski definition) is 2. The highest BCUT2D eigenvalue weighted by Crippen LogP contribution is 2.27. The Morgan fingerprint density at radius 2 is 1.65 bits per heavy atom. The fourth-order valence-electron chi connectivity index (χ4n) is 2.03. The molecule has 2 aromatic rings. The molecule has 0 fully saturated rings. The van der Waals surface area contributed by atoms with Gasteiger partial charge in [-0.25, -0.2) is 13.2 Å². The highest BCUT2D eigenvalue weighted by Gasteiger charge is 2.18. The predicted molar refractivity (Wildman–Crippen MR) is 69.9 cm³/mol. The van der Waals surface area contributed by atoms with Crippen molar-refractivity contribution >= 4 is 0 Å². The van der Waals surface area contributed by atoms with Crippen molar-refractivity contribution < 1.29 is 17.9 Å². The topological polar surface area (TPSA) is 35.2 Å². The highest BCUT2D eigenvalue weighted by atomic mass is 19.1. The lowest BCUT2D eigenvalue weighted by Gasteiger charge is -2.15. The summed E-state index contributed by atoms with van der Waals surface area (Å²) < 4.78 is 46.0. The van der Waals surface area contributed by atoms with Crippen molar-refractivity contribution in [1.82, 2.24) is 0 Å². The maximum Gasteiger partial charge on any atom is 0.169 e. The van der Waals surface area contributed by atoms with Crippen LogP contribution >= 0.6 is 0 Å². The fraction of sp³-hybridized carbons (Fsp3) is 0.200. The third-order valence-corrected chi connectivity index (χ3v) is 3.10. The van der Waals surface area contributed by atoms with Crippen LogP contribution in [-0.2, 0) is 6.42 Å². The van der Waals surface area contributed by atoms with Crippen LogP contribution in [0.25, 0.3) is 0 Å². The summed E-state index contributed by atoms with van der Waals surface area (Å²) in [5.74, 6) is -1.95. The first kappa shape index (κ1) is 14.4. The minimum atomic E-state index is -0.864. The van der Waals surface area contributed by atoms with Crippen molar-refractivity contribution in [3.8, 4) is 5.75 Å². The van der Waals surface area contributed by atoms with Crippen LogP contribution in [0.5, 0.6) is 5.75 Å². The average Bonchev–Trinajstić information content (AvgIpc) is 2.43. The molecule has 5 heteroatoms. The molecule has 0 radical (unpaired) electrons. The summed E-state index contributed by atoms with van der Waals surface area (Å²) in [6, 6.07) is 7.20. The first-order valence-electron chi connectivity index (χ1n) is 6.05. The number of methoxy groups -OCH3 is 1. The summed E-state index contributed by atoms with van der Waals surface area (Å²) in [6.45, 7) is 0. The van der Waals surface area contributed by atoms with E-state index in [4.69, 9.17) is 10.5 Å². The van der Waals surface area contributed by atoms with Crippen LogP contribution in [0.1, 0.15) is 17.2 Å². The molecule has 1 atom stereocenters. The van der Waals surface area contributed by atoms with Gasteiger partial charge in [0.25, 0.3) is 0 Å². The lowest BCUT2D eigenvalue weighted by atomic mass is 9.98. The number of rotatable bonds is 4. The fourth-order valence-corrected chi connectivity index (χ4v) is 2.03. The van der Waals surface area contributed by atoms with Gasteiger partial charge in [0.05, 0.1) is 7.11 Å². The molecule has 106 valence electrons. The van der Waals surface area contributed by atoms with Gasteiger partial charge in [-0.1, -0.05) is 18.2 Å². The van der Waals surface area contributed by atoms with E-state index < -0.39 is 23.5 Å². The van der Waals surface area contributed by atoms with E-state index in [0.29, 0.717) is 0 Å². The van der Waals surface area contributed by atoms with E-state index in [2.05, 4.69) is 0 Å². The number of benzene rings is 2. The SMILES string of the molecule is COc1cccc(C(N)Cc2c(F)cccc2F)c1F. The van der Waals surface area contributed by atoms with Crippen LogP contribution in [0.2, 0.25) is 0 Å². The van der Waals surface area contributed by atoms with Crippen molar-refractivity contribution in [1.29, 1.82) is 0 Å². The van der Waals surface area contributed by atoms with E-state index >= 15 is 0 Å². The smallest absolute Gasteiger partial charge is 0.169 e. The minimum absolute atomic E-state index is 0.0481. The summed E-state index contributed by atoms with van der Waals surface area (Å²) in [5.41, 5.74) is 5.87. The first-order chi connectivity index (χ1) is 9.54. The van der Waals surface area contributed by atoms with Crippen molar-refractivity contribution in [2.75, 3.05) is 7.11 Å². The molecule has 0 aliphatic heterocycles. The van der Waals surface area contributed by atoms with Gasteiger partial charge in [-0.3, -0.25) is 0 Å². The molecule has 0 bridgehead atoms. The lowest BCUT2D eigenvalue weighted by molar-refractivity contribution is 0.382. The summed E-state index contributed by atoms with van der Waals surface area (Å²) in [7, 11) is 1.34. The predicted octanol–water partition coefficient (Wildman–Crippen LogP) is 3.36. The molecule has 0 spiro atoms. The van der Waals surface area contributed by atoms with E-state index in [9.17, 15) is 13.2 Å². The van der Waals surface area contributed by atoms with Crippen molar-refractivity contribution in [2.45, 2.75) is 12.5 Å². The van der Waals surface area contributed by atoms with Gasteiger partial charge < -0.3 is 10.5 Å². The van der Waals surface area contributed by atoms with E-state index in [1.54, 1.807) is 6.07 Å². The lowest BCUT2D eigenvalue weighted by Crippen LogP contribution is -2.17. The molecule has 0 saturated carbocycles. The largest absolute Gasteiger partial charge is 0.494 e. The Labute approximate surface area is 115 Å². The van der Waals surface area contributed by atoms with E-state index in [0.717, 1.165) is 12.1 Å². The molecule has 0 aromatic heterocycles. The van der Waals surface area contributed by atoms with E-state index in [-0.39, 0.29) is 23.3 Å². The first-order valence-corrected chi connectivity index (χ1v) is 6.05. The summed E-state index contributed by atoms with van der Waals surface area (Å²) in [5, 5.41) is 0. The minimum Gasteiger partial charge on any atom is -0.494 e. The second kappa shape index (κ2) is 5.96. The molecule has 2 aromatic carbocycles. The molecule has 20 heavy (non-hydrogen) atoms. The molecular formula is C15H14F3NO. The van der Waals surface area contributed by atoms with Crippen LogP contribution in [0.4, 0.5) is 13.2 Å².